The first kappa shape index (κ1) is 13.8. The van der Waals surface area contributed by atoms with Crippen molar-refractivity contribution >= 4 is 11.4 Å². The van der Waals surface area contributed by atoms with E-state index in [-0.39, 0.29) is 29.2 Å². The van der Waals surface area contributed by atoms with Crippen LogP contribution in [0.2, 0.25) is 0 Å². The van der Waals surface area contributed by atoms with Crippen LogP contribution >= 0.6 is 0 Å². The Balaban J connectivity index is 2.14. The number of nitrogens with zero attached hydrogens (tertiary/aromatic N) is 1. The van der Waals surface area contributed by atoms with E-state index in [1.54, 1.807) is 19.1 Å². The Morgan fingerprint density at radius 3 is 2.84 bits per heavy atom. The number of anilines is 1. The summed E-state index contributed by atoms with van der Waals surface area (Å²) in [4.78, 5) is 10.6. The molecule has 104 valence electrons. The minimum absolute atomic E-state index is 0.140. The maximum atomic E-state index is 10.9. The normalized spacial score (nSPS) is 23.1. The summed E-state index contributed by atoms with van der Waals surface area (Å²) in [5.74, 6) is 0.245. The molecule has 0 spiro atoms. The molecule has 0 heterocycles. The van der Waals surface area contributed by atoms with Gasteiger partial charge in [-0.1, -0.05) is 18.9 Å². The second kappa shape index (κ2) is 6.02. The molecule has 0 amide bonds. The predicted molar refractivity (Wildman–Crippen MR) is 74.3 cm³/mol. The monoisotopic (exact) mass is 264 g/mol. The van der Waals surface area contributed by atoms with Crippen LogP contribution in [0.5, 0.6) is 0 Å². The third kappa shape index (κ3) is 3.23. The van der Waals surface area contributed by atoms with Crippen LogP contribution in [0.25, 0.3) is 0 Å². The van der Waals surface area contributed by atoms with Crippen LogP contribution < -0.4 is 5.32 Å². The molecular weight excluding hydrogens is 244 g/mol. The van der Waals surface area contributed by atoms with E-state index in [0.29, 0.717) is 5.56 Å². The number of nitrogens with one attached hydrogen (secondary N) is 1. The van der Waals surface area contributed by atoms with Crippen LogP contribution in [0.3, 0.4) is 0 Å². The lowest BCUT2D eigenvalue weighted by Gasteiger charge is -2.31. The van der Waals surface area contributed by atoms with Gasteiger partial charge in [0.1, 0.15) is 0 Å². The Bertz CT molecular complexity index is 462. The van der Waals surface area contributed by atoms with Gasteiger partial charge in [-0.3, -0.25) is 10.1 Å². The van der Waals surface area contributed by atoms with Crippen molar-refractivity contribution in [2.45, 2.75) is 38.6 Å². The average molecular weight is 264 g/mol. The number of hydrogen-bond donors (Lipinski definition) is 2. The standard InChI is InChI=1S/C14H20N2O3/c1-10-6-7-12(8-14(10)16(18)19)15-13-5-3-2-4-11(13)9-17/h6-8,11,13,15,17H,2-5,9H2,1H3. The summed E-state index contributed by atoms with van der Waals surface area (Å²) < 4.78 is 0. The van der Waals surface area contributed by atoms with Gasteiger partial charge in [0.05, 0.1) is 4.92 Å². The summed E-state index contributed by atoms with van der Waals surface area (Å²) in [6.07, 6.45) is 4.31. The van der Waals surface area contributed by atoms with Crippen LogP contribution in [-0.4, -0.2) is 22.7 Å². The molecule has 0 bridgehead atoms. The van der Waals surface area contributed by atoms with E-state index in [1.807, 2.05) is 6.07 Å². The Hall–Kier alpha value is -1.62. The number of aliphatic hydroxyl groups excluding tert-OH is 1. The highest BCUT2D eigenvalue weighted by molar-refractivity contribution is 5.55. The van der Waals surface area contributed by atoms with Crippen molar-refractivity contribution in [1.29, 1.82) is 0 Å². The topological polar surface area (TPSA) is 75.4 Å². The van der Waals surface area contributed by atoms with Crippen LogP contribution in [0.4, 0.5) is 11.4 Å². The third-order valence-electron chi connectivity index (χ3n) is 3.90. The van der Waals surface area contributed by atoms with Gasteiger partial charge in [-0.15, -0.1) is 0 Å². The average Bonchev–Trinajstić information content (AvgIpc) is 2.41. The SMILES string of the molecule is Cc1ccc(NC2CCCCC2CO)cc1[N+](=O)[O-]. The number of benzene rings is 1. The summed E-state index contributed by atoms with van der Waals surface area (Å²) in [5, 5.41) is 23.6. The summed E-state index contributed by atoms with van der Waals surface area (Å²) in [7, 11) is 0. The molecule has 1 fully saturated rings. The fourth-order valence-electron chi connectivity index (χ4n) is 2.73. The fraction of sp³-hybridized carbons (Fsp3) is 0.571. The first-order valence-electron chi connectivity index (χ1n) is 6.74. The van der Waals surface area contributed by atoms with E-state index in [1.165, 1.54) is 0 Å². The third-order valence-corrected chi connectivity index (χ3v) is 3.90. The number of aryl methyl sites for hydroxylation is 1. The molecule has 0 saturated heterocycles. The van der Waals surface area contributed by atoms with Crippen molar-refractivity contribution in [3.05, 3.63) is 33.9 Å². The van der Waals surface area contributed by atoms with Gasteiger partial charge in [0.2, 0.25) is 0 Å². The molecule has 0 aromatic heterocycles. The van der Waals surface area contributed by atoms with Crippen LogP contribution in [0.1, 0.15) is 31.2 Å². The smallest absolute Gasteiger partial charge is 0.274 e. The highest BCUT2D eigenvalue weighted by atomic mass is 16.6. The molecule has 0 radical (unpaired) electrons. The maximum Gasteiger partial charge on any atom is 0.274 e. The molecule has 0 aliphatic heterocycles. The van der Waals surface area contributed by atoms with Crippen LogP contribution in [-0.2, 0) is 0 Å². The Kier molecular flexibility index (Phi) is 4.37. The first-order chi connectivity index (χ1) is 9.11. The Labute approximate surface area is 112 Å². The van der Waals surface area contributed by atoms with E-state index < -0.39 is 0 Å². The lowest BCUT2D eigenvalue weighted by Crippen LogP contribution is -2.34. The van der Waals surface area contributed by atoms with Gasteiger partial charge in [0.25, 0.3) is 5.69 Å². The molecule has 5 heteroatoms. The lowest BCUT2D eigenvalue weighted by atomic mass is 9.85. The summed E-state index contributed by atoms with van der Waals surface area (Å²) in [6, 6.07) is 5.42. The lowest BCUT2D eigenvalue weighted by molar-refractivity contribution is -0.385. The molecule has 1 aliphatic rings. The van der Waals surface area contributed by atoms with Crippen molar-refractivity contribution in [2.24, 2.45) is 5.92 Å². The molecule has 2 unspecified atom stereocenters. The minimum atomic E-state index is -0.356. The molecule has 2 atom stereocenters. The molecule has 1 aromatic carbocycles. The molecule has 2 N–H and O–H groups in total. The van der Waals surface area contributed by atoms with Gasteiger partial charge < -0.3 is 10.4 Å². The van der Waals surface area contributed by atoms with E-state index in [4.69, 9.17) is 0 Å². The maximum absolute atomic E-state index is 10.9. The minimum Gasteiger partial charge on any atom is -0.396 e. The molecule has 1 saturated carbocycles. The molecule has 2 rings (SSSR count). The van der Waals surface area contributed by atoms with Gasteiger partial charge in [0.15, 0.2) is 0 Å². The molecular formula is C14H20N2O3. The summed E-state index contributed by atoms with van der Waals surface area (Å²) in [6.45, 7) is 1.91. The van der Waals surface area contributed by atoms with Gasteiger partial charge in [0, 0.05) is 35.9 Å². The molecule has 5 nitrogen and oxygen atoms in total. The second-order valence-electron chi connectivity index (χ2n) is 5.24. The van der Waals surface area contributed by atoms with Crippen LogP contribution in [0.15, 0.2) is 18.2 Å². The highest BCUT2D eigenvalue weighted by Crippen LogP contribution is 2.29. The van der Waals surface area contributed by atoms with Crippen molar-refractivity contribution < 1.29 is 10.0 Å². The van der Waals surface area contributed by atoms with E-state index in [2.05, 4.69) is 5.32 Å². The quantitative estimate of drug-likeness (QED) is 0.647. The largest absolute Gasteiger partial charge is 0.396 e. The van der Waals surface area contributed by atoms with Crippen LogP contribution in [0, 0.1) is 23.0 Å². The number of aliphatic hydroxyl groups is 1. The zero-order valence-electron chi connectivity index (χ0n) is 11.1. The summed E-state index contributed by atoms with van der Waals surface area (Å²) >= 11 is 0. The van der Waals surface area contributed by atoms with Crippen molar-refractivity contribution in [3.63, 3.8) is 0 Å². The van der Waals surface area contributed by atoms with E-state index in [0.717, 1.165) is 31.4 Å². The van der Waals surface area contributed by atoms with Crippen molar-refractivity contribution in [1.82, 2.24) is 0 Å². The van der Waals surface area contributed by atoms with E-state index >= 15 is 0 Å². The first-order valence-corrected chi connectivity index (χ1v) is 6.74. The molecule has 1 aromatic rings. The fourth-order valence-corrected chi connectivity index (χ4v) is 2.73. The predicted octanol–water partition coefficient (Wildman–Crippen LogP) is 2.87. The molecule has 19 heavy (non-hydrogen) atoms. The number of nitro benzene ring substituents is 1. The second-order valence-corrected chi connectivity index (χ2v) is 5.24. The highest BCUT2D eigenvalue weighted by Gasteiger charge is 2.24. The summed E-state index contributed by atoms with van der Waals surface area (Å²) in [5.41, 5.74) is 1.57. The van der Waals surface area contributed by atoms with E-state index in [9.17, 15) is 15.2 Å². The van der Waals surface area contributed by atoms with Gasteiger partial charge in [-0.2, -0.15) is 0 Å². The van der Waals surface area contributed by atoms with Gasteiger partial charge >= 0.3 is 0 Å². The van der Waals surface area contributed by atoms with Crippen molar-refractivity contribution in [3.8, 4) is 0 Å². The zero-order chi connectivity index (χ0) is 13.8. The van der Waals surface area contributed by atoms with Gasteiger partial charge in [-0.05, 0) is 25.8 Å². The van der Waals surface area contributed by atoms with Crippen molar-refractivity contribution in [2.75, 3.05) is 11.9 Å². The number of hydrogen-bond acceptors (Lipinski definition) is 4. The number of nitro groups is 1. The number of rotatable bonds is 4. The van der Waals surface area contributed by atoms with Gasteiger partial charge in [-0.25, -0.2) is 0 Å². The molecule has 1 aliphatic carbocycles. The zero-order valence-corrected chi connectivity index (χ0v) is 11.1. The Morgan fingerprint density at radius 1 is 1.42 bits per heavy atom. The Morgan fingerprint density at radius 2 is 2.16 bits per heavy atom.